The molecule has 0 radical (unpaired) electrons. The highest BCUT2D eigenvalue weighted by Gasteiger charge is 2.16. The Labute approximate surface area is 213 Å². The van der Waals surface area contributed by atoms with E-state index in [9.17, 15) is 26.4 Å². The summed E-state index contributed by atoms with van der Waals surface area (Å²) in [5.74, 6) is -1.12. The lowest BCUT2D eigenvalue weighted by atomic mass is 10.2. The van der Waals surface area contributed by atoms with E-state index in [4.69, 9.17) is 16.7 Å². The van der Waals surface area contributed by atoms with E-state index in [-0.39, 0.29) is 41.4 Å². The minimum atomic E-state index is -3.47. The number of unbranched alkanes of at least 4 members (excludes halogenated alkanes) is 2. The lowest BCUT2D eigenvalue weighted by Gasteiger charge is -2.09. The molecule has 0 saturated heterocycles. The third-order valence-corrected chi connectivity index (χ3v) is 7.28. The second kappa shape index (κ2) is 15.4. The van der Waals surface area contributed by atoms with E-state index in [2.05, 4.69) is 9.44 Å². The molecule has 0 unspecified atom stereocenters. The fourth-order valence-corrected chi connectivity index (χ4v) is 5.34. The highest BCUT2D eigenvalue weighted by atomic mass is 35.5. The van der Waals surface area contributed by atoms with E-state index < -0.39 is 31.3 Å². The zero-order chi connectivity index (χ0) is 25.8. The molecular weight excluding hydrogens is 516 g/mol. The molecule has 0 spiro atoms. The molecule has 0 heterocycles. The van der Waals surface area contributed by atoms with Crippen molar-refractivity contribution in [1.29, 1.82) is 0 Å². The van der Waals surface area contributed by atoms with Crippen LogP contribution in [0, 0.1) is 0 Å². The molecule has 0 bridgehead atoms. The van der Waals surface area contributed by atoms with Crippen LogP contribution < -0.4 is 9.44 Å². The monoisotopic (exact) mass is 548 g/mol. The van der Waals surface area contributed by atoms with Gasteiger partial charge in [-0.2, -0.15) is 0 Å². The van der Waals surface area contributed by atoms with Crippen molar-refractivity contribution in [3.63, 3.8) is 0 Å². The van der Waals surface area contributed by atoms with Gasteiger partial charge in [-0.3, -0.25) is 14.2 Å². The normalized spacial score (nSPS) is 10.8. The van der Waals surface area contributed by atoms with Gasteiger partial charge < -0.3 is 5.11 Å². The summed E-state index contributed by atoms with van der Waals surface area (Å²) in [6.07, 6.45) is 2.68. The van der Waals surface area contributed by atoms with Gasteiger partial charge in [0.25, 0.3) is 5.24 Å². The van der Waals surface area contributed by atoms with E-state index in [0.717, 1.165) is 12.8 Å². The molecule has 0 aromatic heterocycles. The highest BCUT2D eigenvalue weighted by molar-refractivity contribution is 7.92. The molecule has 0 fully saturated rings. The Morgan fingerprint density at radius 1 is 0.771 bits per heavy atom. The predicted molar refractivity (Wildman–Crippen MR) is 141 cm³/mol. The number of carboxylic acid groups (broad SMARTS) is 1. The van der Waals surface area contributed by atoms with Crippen molar-refractivity contribution in [2.24, 2.45) is 0 Å². The van der Waals surface area contributed by atoms with Crippen LogP contribution in [-0.2, 0) is 20.0 Å². The summed E-state index contributed by atoms with van der Waals surface area (Å²) in [5.41, 5.74) is 0.446. The SMILES string of the molecule is C.CCCCS(=O)(=O)Nc1ccccc1C(=O)Cl.CCCCS(=O)(=O)Nc1ccccc1C(=O)O. The van der Waals surface area contributed by atoms with Crippen LogP contribution in [0.4, 0.5) is 11.4 Å². The number of nitrogens with one attached hydrogen (secondary N) is 2. The number of carboxylic acids is 1. The number of aromatic carboxylic acids is 1. The molecule has 0 atom stereocenters. The fraction of sp³-hybridized carbons (Fsp3) is 0.391. The second-order valence-electron chi connectivity index (χ2n) is 7.22. The third-order valence-electron chi connectivity index (χ3n) is 4.36. The van der Waals surface area contributed by atoms with Gasteiger partial charge in [0, 0.05) is 0 Å². The van der Waals surface area contributed by atoms with Gasteiger partial charge in [-0.1, -0.05) is 58.4 Å². The number of anilines is 2. The Morgan fingerprint density at radius 3 is 1.51 bits per heavy atom. The lowest BCUT2D eigenvalue weighted by Crippen LogP contribution is -2.18. The Morgan fingerprint density at radius 2 is 1.14 bits per heavy atom. The second-order valence-corrected chi connectivity index (χ2v) is 11.2. The maximum atomic E-state index is 11.7. The van der Waals surface area contributed by atoms with Gasteiger partial charge in [-0.25, -0.2) is 21.6 Å². The number of carbonyl (C=O) groups excluding carboxylic acids is 1. The van der Waals surface area contributed by atoms with Crippen molar-refractivity contribution < 1.29 is 31.5 Å². The Kier molecular flexibility index (Phi) is 14.2. The number of hydrogen-bond donors (Lipinski definition) is 3. The average molecular weight is 549 g/mol. The summed E-state index contributed by atoms with van der Waals surface area (Å²) in [7, 11) is -6.88. The molecule has 196 valence electrons. The number of carbonyl (C=O) groups is 2. The molecule has 0 aliphatic carbocycles. The van der Waals surface area contributed by atoms with Crippen LogP contribution in [-0.4, -0.2) is 44.7 Å². The molecule has 9 nitrogen and oxygen atoms in total. The van der Waals surface area contributed by atoms with Crippen LogP contribution >= 0.6 is 11.6 Å². The van der Waals surface area contributed by atoms with Crippen LogP contribution in [0.25, 0.3) is 0 Å². The molecule has 0 aliphatic heterocycles. The van der Waals surface area contributed by atoms with Crippen molar-refractivity contribution in [1.82, 2.24) is 0 Å². The smallest absolute Gasteiger partial charge is 0.337 e. The summed E-state index contributed by atoms with van der Waals surface area (Å²) in [4.78, 5) is 22.0. The van der Waals surface area contributed by atoms with Crippen LogP contribution in [0.2, 0.25) is 0 Å². The number of benzene rings is 2. The van der Waals surface area contributed by atoms with E-state index >= 15 is 0 Å². The first kappa shape index (κ1) is 32.4. The molecule has 3 N–H and O–H groups in total. The Bertz CT molecular complexity index is 1090. The van der Waals surface area contributed by atoms with Crippen molar-refractivity contribution in [3.05, 3.63) is 59.7 Å². The fourth-order valence-electron chi connectivity index (χ4n) is 2.61. The van der Waals surface area contributed by atoms with Crippen molar-refractivity contribution in [2.45, 2.75) is 47.0 Å². The third kappa shape index (κ3) is 12.1. The molecule has 0 saturated carbocycles. The van der Waals surface area contributed by atoms with E-state index in [1.807, 2.05) is 13.8 Å². The molecule has 0 aliphatic rings. The van der Waals surface area contributed by atoms with Gasteiger partial charge in [-0.05, 0) is 48.7 Å². The predicted octanol–water partition coefficient (Wildman–Crippen LogP) is 5.17. The maximum absolute atomic E-state index is 11.7. The number of para-hydroxylation sites is 2. The first-order valence-corrected chi connectivity index (χ1v) is 14.2. The zero-order valence-electron chi connectivity index (χ0n) is 19.0. The van der Waals surface area contributed by atoms with Crippen molar-refractivity contribution in [3.8, 4) is 0 Å². The van der Waals surface area contributed by atoms with Gasteiger partial charge in [0.05, 0.1) is 34.0 Å². The number of halogens is 1. The summed E-state index contributed by atoms with van der Waals surface area (Å²) in [6.45, 7) is 3.80. The molecular formula is C23H33ClN2O7S2. The average Bonchev–Trinajstić information content (AvgIpc) is 2.77. The van der Waals surface area contributed by atoms with Gasteiger partial charge in [-0.15, -0.1) is 0 Å². The summed E-state index contributed by atoms with van der Waals surface area (Å²) < 4.78 is 51.3. The van der Waals surface area contributed by atoms with Gasteiger partial charge in [0.1, 0.15) is 0 Å². The quantitative estimate of drug-likeness (QED) is 0.310. The van der Waals surface area contributed by atoms with E-state index in [0.29, 0.717) is 12.8 Å². The van der Waals surface area contributed by atoms with Gasteiger partial charge >= 0.3 is 5.97 Å². The molecule has 2 aromatic rings. The van der Waals surface area contributed by atoms with Gasteiger partial charge in [0.2, 0.25) is 20.0 Å². The molecule has 2 rings (SSSR count). The topological polar surface area (TPSA) is 147 Å². The molecule has 35 heavy (non-hydrogen) atoms. The highest BCUT2D eigenvalue weighted by Crippen LogP contribution is 2.19. The minimum absolute atomic E-state index is 0. The first-order valence-electron chi connectivity index (χ1n) is 10.5. The zero-order valence-corrected chi connectivity index (χ0v) is 21.3. The maximum Gasteiger partial charge on any atom is 0.337 e. The minimum Gasteiger partial charge on any atom is -0.478 e. The number of hydrogen-bond acceptors (Lipinski definition) is 6. The van der Waals surface area contributed by atoms with Crippen LogP contribution in [0.1, 0.15) is 67.7 Å². The lowest BCUT2D eigenvalue weighted by molar-refractivity contribution is 0.0698. The van der Waals surface area contributed by atoms with Crippen LogP contribution in [0.15, 0.2) is 48.5 Å². The Hall–Kier alpha value is -2.63. The molecule has 2 aromatic carbocycles. The van der Waals surface area contributed by atoms with E-state index in [1.54, 1.807) is 24.3 Å². The Balaban J connectivity index is 0.000000642. The summed E-state index contributed by atoms with van der Waals surface area (Å²) in [6, 6.07) is 12.2. The van der Waals surface area contributed by atoms with Crippen molar-refractivity contribution >= 4 is 54.2 Å². The van der Waals surface area contributed by atoms with Crippen molar-refractivity contribution in [2.75, 3.05) is 20.9 Å². The molecule has 12 heteroatoms. The number of sulfonamides is 2. The first-order chi connectivity index (χ1) is 15.9. The molecule has 0 amide bonds. The summed E-state index contributed by atoms with van der Waals surface area (Å²) in [5, 5.41) is 8.22. The largest absolute Gasteiger partial charge is 0.478 e. The van der Waals surface area contributed by atoms with Crippen LogP contribution in [0.3, 0.4) is 0 Å². The van der Waals surface area contributed by atoms with Gasteiger partial charge in [0.15, 0.2) is 0 Å². The number of rotatable bonds is 12. The van der Waals surface area contributed by atoms with E-state index in [1.165, 1.54) is 24.3 Å². The standard InChI is InChI=1S/C11H14ClNO3S.C11H15NO4S.CH4/c1-2-3-8-17(15,16)13-10-7-5-4-6-9(10)11(12)14;1-2-3-8-17(15,16)12-10-7-5-4-6-9(10)11(13)14;/h4-7,13H,2-3,8H2,1H3;4-7,12H,2-3,8H2,1H3,(H,13,14);1H4. The van der Waals surface area contributed by atoms with Crippen LogP contribution in [0.5, 0.6) is 0 Å². The summed E-state index contributed by atoms with van der Waals surface area (Å²) >= 11 is 5.37.